The molecule has 0 bridgehead atoms. The summed E-state index contributed by atoms with van der Waals surface area (Å²) in [4.78, 5) is 8.96. The molecular formula is C23H23ClF2N4O. The van der Waals surface area contributed by atoms with Gasteiger partial charge in [-0.3, -0.25) is 0 Å². The van der Waals surface area contributed by atoms with Crippen LogP contribution in [0.5, 0.6) is 0 Å². The SMILES string of the molecule is OC1CCC(Nc2cc(-c3cccc(NCc4cc(F)cc(F)c4)n3)c(Cl)cn2)CC1. The molecule has 3 N–H and O–H groups in total. The van der Waals surface area contributed by atoms with Crippen molar-refractivity contribution in [3.8, 4) is 11.3 Å². The molecule has 0 aliphatic heterocycles. The third-order valence-electron chi connectivity index (χ3n) is 5.33. The highest BCUT2D eigenvalue weighted by molar-refractivity contribution is 6.33. The first kappa shape index (κ1) is 21.5. The van der Waals surface area contributed by atoms with Crippen molar-refractivity contribution >= 4 is 23.2 Å². The monoisotopic (exact) mass is 444 g/mol. The van der Waals surface area contributed by atoms with Crippen LogP contribution in [-0.4, -0.2) is 27.2 Å². The first-order valence-corrected chi connectivity index (χ1v) is 10.6. The molecule has 0 unspecified atom stereocenters. The Labute approximate surface area is 184 Å². The lowest BCUT2D eigenvalue weighted by molar-refractivity contribution is 0.126. The molecule has 0 spiro atoms. The quantitative estimate of drug-likeness (QED) is 0.474. The predicted molar refractivity (Wildman–Crippen MR) is 118 cm³/mol. The number of hydrogen-bond acceptors (Lipinski definition) is 5. The number of pyridine rings is 2. The maximum absolute atomic E-state index is 13.4. The van der Waals surface area contributed by atoms with E-state index in [1.54, 1.807) is 12.3 Å². The van der Waals surface area contributed by atoms with E-state index in [2.05, 4.69) is 20.6 Å². The summed E-state index contributed by atoms with van der Waals surface area (Å²) in [5.41, 5.74) is 1.87. The Morgan fingerprint density at radius 2 is 1.74 bits per heavy atom. The van der Waals surface area contributed by atoms with Gasteiger partial charge in [-0.25, -0.2) is 18.7 Å². The largest absolute Gasteiger partial charge is 0.393 e. The van der Waals surface area contributed by atoms with Crippen molar-refractivity contribution in [3.05, 3.63) is 70.9 Å². The Hall–Kier alpha value is -2.77. The molecule has 3 aromatic rings. The number of hydrogen-bond donors (Lipinski definition) is 3. The fraction of sp³-hybridized carbons (Fsp3) is 0.304. The first-order chi connectivity index (χ1) is 15.0. The molecule has 2 aromatic heterocycles. The van der Waals surface area contributed by atoms with Crippen LogP contribution >= 0.6 is 11.6 Å². The van der Waals surface area contributed by atoms with Crippen LogP contribution in [0.1, 0.15) is 31.2 Å². The second-order valence-corrected chi connectivity index (χ2v) is 8.15. The fourth-order valence-corrected chi connectivity index (χ4v) is 3.93. The van der Waals surface area contributed by atoms with Gasteiger partial charge in [0.1, 0.15) is 23.3 Å². The molecule has 4 rings (SSSR count). The van der Waals surface area contributed by atoms with Gasteiger partial charge in [-0.15, -0.1) is 0 Å². The van der Waals surface area contributed by atoms with Crippen molar-refractivity contribution in [3.63, 3.8) is 0 Å². The summed E-state index contributed by atoms with van der Waals surface area (Å²) in [6, 6.07) is 11.0. The van der Waals surface area contributed by atoms with Gasteiger partial charge in [0.2, 0.25) is 0 Å². The standard InChI is InChI=1S/C23H23ClF2N4O/c24-20-13-28-23(29-17-4-6-18(31)7-5-17)11-19(20)21-2-1-3-22(30-21)27-12-14-8-15(25)10-16(26)9-14/h1-3,8-11,13,17-18,31H,4-7,12H2,(H,27,30)(H,28,29). The van der Waals surface area contributed by atoms with Crippen molar-refractivity contribution in [1.29, 1.82) is 0 Å². The molecule has 0 atom stereocenters. The van der Waals surface area contributed by atoms with E-state index in [1.807, 2.05) is 18.2 Å². The Kier molecular flexibility index (Phi) is 6.63. The summed E-state index contributed by atoms with van der Waals surface area (Å²) in [5.74, 6) is 0.0335. The van der Waals surface area contributed by atoms with E-state index < -0.39 is 11.6 Å². The number of aromatic nitrogens is 2. The van der Waals surface area contributed by atoms with Gasteiger partial charge in [-0.2, -0.15) is 0 Å². The van der Waals surface area contributed by atoms with Gasteiger partial charge in [0.05, 0.1) is 16.8 Å². The fourth-order valence-electron chi connectivity index (χ4n) is 3.73. The predicted octanol–water partition coefficient (Wildman–Crippen LogP) is 5.40. The molecule has 31 heavy (non-hydrogen) atoms. The van der Waals surface area contributed by atoms with Crippen molar-refractivity contribution < 1.29 is 13.9 Å². The summed E-state index contributed by atoms with van der Waals surface area (Å²) < 4.78 is 26.8. The number of rotatable bonds is 6. The molecule has 1 aromatic carbocycles. The zero-order valence-corrected chi connectivity index (χ0v) is 17.5. The molecule has 0 radical (unpaired) electrons. The van der Waals surface area contributed by atoms with Gasteiger partial charge in [-0.1, -0.05) is 17.7 Å². The second kappa shape index (κ2) is 9.58. The molecule has 0 saturated heterocycles. The third kappa shape index (κ3) is 5.68. The number of anilines is 2. The minimum absolute atomic E-state index is 0.213. The Balaban J connectivity index is 1.48. The maximum atomic E-state index is 13.4. The number of aliphatic hydroxyl groups is 1. The highest BCUT2D eigenvalue weighted by Gasteiger charge is 2.20. The molecule has 1 aliphatic carbocycles. The van der Waals surface area contributed by atoms with Crippen LogP contribution < -0.4 is 10.6 Å². The number of aliphatic hydroxyl groups excluding tert-OH is 1. The normalized spacial score (nSPS) is 18.6. The van der Waals surface area contributed by atoms with Crippen molar-refractivity contribution in [2.45, 2.75) is 44.4 Å². The van der Waals surface area contributed by atoms with E-state index in [-0.39, 0.29) is 18.7 Å². The topological polar surface area (TPSA) is 70.1 Å². The Morgan fingerprint density at radius 1 is 1.00 bits per heavy atom. The summed E-state index contributed by atoms with van der Waals surface area (Å²) in [7, 11) is 0. The van der Waals surface area contributed by atoms with E-state index in [9.17, 15) is 13.9 Å². The van der Waals surface area contributed by atoms with E-state index in [0.29, 0.717) is 27.9 Å². The van der Waals surface area contributed by atoms with Crippen LogP contribution in [0.4, 0.5) is 20.4 Å². The average molecular weight is 445 g/mol. The van der Waals surface area contributed by atoms with E-state index >= 15 is 0 Å². The average Bonchev–Trinajstić information content (AvgIpc) is 2.75. The number of benzene rings is 1. The smallest absolute Gasteiger partial charge is 0.126 e. The van der Waals surface area contributed by atoms with Crippen molar-refractivity contribution in [2.24, 2.45) is 0 Å². The van der Waals surface area contributed by atoms with E-state index in [4.69, 9.17) is 11.6 Å². The minimum atomic E-state index is -0.616. The minimum Gasteiger partial charge on any atom is -0.393 e. The zero-order valence-electron chi connectivity index (χ0n) is 16.8. The number of nitrogens with zero attached hydrogens (tertiary/aromatic N) is 2. The molecule has 1 aliphatic rings. The Morgan fingerprint density at radius 3 is 2.48 bits per heavy atom. The van der Waals surface area contributed by atoms with Crippen LogP contribution in [0, 0.1) is 11.6 Å². The Bertz CT molecular complexity index is 1040. The highest BCUT2D eigenvalue weighted by atomic mass is 35.5. The third-order valence-corrected chi connectivity index (χ3v) is 5.63. The van der Waals surface area contributed by atoms with Crippen LogP contribution in [0.3, 0.4) is 0 Å². The van der Waals surface area contributed by atoms with Crippen molar-refractivity contribution in [1.82, 2.24) is 9.97 Å². The van der Waals surface area contributed by atoms with Crippen LogP contribution in [0.2, 0.25) is 5.02 Å². The summed E-state index contributed by atoms with van der Waals surface area (Å²) in [5, 5.41) is 16.7. The lowest BCUT2D eigenvalue weighted by Gasteiger charge is -2.26. The first-order valence-electron chi connectivity index (χ1n) is 10.2. The van der Waals surface area contributed by atoms with Gasteiger partial charge < -0.3 is 15.7 Å². The molecule has 0 amide bonds. The van der Waals surface area contributed by atoms with Crippen molar-refractivity contribution in [2.75, 3.05) is 10.6 Å². The maximum Gasteiger partial charge on any atom is 0.126 e. The molecule has 5 nitrogen and oxygen atoms in total. The highest BCUT2D eigenvalue weighted by Crippen LogP contribution is 2.30. The molecule has 1 saturated carbocycles. The lowest BCUT2D eigenvalue weighted by atomic mass is 9.93. The van der Waals surface area contributed by atoms with Gasteiger partial charge in [0.15, 0.2) is 0 Å². The van der Waals surface area contributed by atoms with Gasteiger partial charge in [0, 0.05) is 30.4 Å². The number of halogens is 3. The van der Waals surface area contributed by atoms with Gasteiger partial charge in [0.25, 0.3) is 0 Å². The summed E-state index contributed by atoms with van der Waals surface area (Å²) >= 11 is 6.39. The second-order valence-electron chi connectivity index (χ2n) is 7.74. The molecule has 8 heteroatoms. The van der Waals surface area contributed by atoms with Crippen LogP contribution in [-0.2, 0) is 6.54 Å². The van der Waals surface area contributed by atoms with Crippen LogP contribution in [0.25, 0.3) is 11.3 Å². The van der Waals surface area contributed by atoms with Gasteiger partial charge >= 0.3 is 0 Å². The molecule has 162 valence electrons. The summed E-state index contributed by atoms with van der Waals surface area (Å²) in [6.07, 6.45) is 4.72. The zero-order chi connectivity index (χ0) is 21.8. The summed E-state index contributed by atoms with van der Waals surface area (Å²) in [6.45, 7) is 0.232. The molecular weight excluding hydrogens is 422 g/mol. The lowest BCUT2D eigenvalue weighted by Crippen LogP contribution is -2.28. The molecule has 1 fully saturated rings. The number of nitrogens with one attached hydrogen (secondary N) is 2. The van der Waals surface area contributed by atoms with E-state index in [1.165, 1.54) is 12.1 Å². The van der Waals surface area contributed by atoms with E-state index in [0.717, 1.165) is 37.3 Å². The molecule has 2 heterocycles. The van der Waals surface area contributed by atoms with Gasteiger partial charge in [-0.05, 0) is 61.6 Å². The van der Waals surface area contributed by atoms with Crippen LogP contribution in [0.15, 0.2) is 48.7 Å².